The summed E-state index contributed by atoms with van der Waals surface area (Å²) in [4.78, 5) is 23.4. The molecule has 0 aliphatic heterocycles. The lowest BCUT2D eigenvalue weighted by Gasteiger charge is -2.09. The predicted octanol–water partition coefficient (Wildman–Crippen LogP) is 3.02. The van der Waals surface area contributed by atoms with Gasteiger partial charge in [-0.05, 0) is 60.3 Å². The van der Waals surface area contributed by atoms with Crippen LogP contribution in [0.4, 0.5) is 5.69 Å². The highest BCUT2D eigenvalue weighted by molar-refractivity contribution is 7.80. The number of anilines is 1. The van der Waals surface area contributed by atoms with Gasteiger partial charge < -0.3 is 19.5 Å². The molecule has 2 aromatic rings. The number of rotatable bonds is 6. The molecular formula is C20H20N2O5S. The molecule has 146 valence electrons. The molecule has 28 heavy (non-hydrogen) atoms. The second-order valence-corrected chi connectivity index (χ2v) is 5.87. The first-order chi connectivity index (χ1) is 13.5. The first-order valence-electron chi connectivity index (χ1n) is 8.17. The van der Waals surface area contributed by atoms with E-state index in [1.807, 2.05) is 0 Å². The number of hydrogen-bond acceptors (Lipinski definition) is 6. The summed E-state index contributed by atoms with van der Waals surface area (Å²) >= 11 is 5.12. The first kappa shape index (κ1) is 20.9. The van der Waals surface area contributed by atoms with Crippen LogP contribution in [0.15, 0.2) is 48.5 Å². The van der Waals surface area contributed by atoms with Gasteiger partial charge in [0.05, 0.1) is 26.9 Å². The molecule has 0 aliphatic rings. The summed E-state index contributed by atoms with van der Waals surface area (Å²) in [6.45, 7) is 0. The van der Waals surface area contributed by atoms with Crippen molar-refractivity contribution in [1.82, 2.24) is 5.32 Å². The minimum atomic E-state index is -0.428. The van der Waals surface area contributed by atoms with Gasteiger partial charge in [-0.2, -0.15) is 0 Å². The molecule has 0 heterocycles. The van der Waals surface area contributed by atoms with Gasteiger partial charge in [0.1, 0.15) is 0 Å². The predicted molar refractivity (Wildman–Crippen MR) is 111 cm³/mol. The van der Waals surface area contributed by atoms with Crippen molar-refractivity contribution in [3.05, 3.63) is 59.7 Å². The van der Waals surface area contributed by atoms with Crippen molar-refractivity contribution >= 4 is 41.0 Å². The molecule has 0 radical (unpaired) electrons. The summed E-state index contributed by atoms with van der Waals surface area (Å²) < 4.78 is 15.0. The standard InChI is InChI=1S/C20H20N2O5S/c1-25-16-10-4-13(12-17(16)26-2)5-11-18(23)22-20(28)21-15-8-6-14(7-9-15)19(24)27-3/h4-12H,1-3H3,(H2,21,22,23,28). The average molecular weight is 400 g/mol. The number of thiocarbonyl (C=S) groups is 1. The molecule has 0 saturated carbocycles. The molecule has 0 bridgehead atoms. The third-order valence-electron chi connectivity index (χ3n) is 3.64. The molecule has 8 heteroatoms. The van der Waals surface area contributed by atoms with Crippen molar-refractivity contribution in [3.8, 4) is 11.5 Å². The van der Waals surface area contributed by atoms with Gasteiger partial charge in [-0.1, -0.05) is 6.07 Å². The van der Waals surface area contributed by atoms with Crippen LogP contribution in [0, 0.1) is 0 Å². The third-order valence-corrected chi connectivity index (χ3v) is 3.84. The minimum Gasteiger partial charge on any atom is -0.493 e. The van der Waals surface area contributed by atoms with E-state index in [9.17, 15) is 9.59 Å². The monoisotopic (exact) mass is 400 g/mol. The molecule has 0 unspecified atom stereocenters. The Labute approximate surface area is 168 Å². The van der Waals surface area contributed by atoms with Gasteiger partial charge in [0.15, 0.2) is 16.6 Å². The number of methoxy groups -OCH3 is 3. The highest BCUT2D eigenvalue weighted by Gasteiger charge is 2.06. The summed E-state index contributed by atoms with van der Waals surface area (Å²) in [5.74, 6) is 0.353. The van der Waals surface area contributed by atoms with Gasteiger partial charge in [-0.25, -0.2) is 4.79 Å². The van der Waals surface area contributed by atoms with E-state index >= 15 is 0 Å². The lowest BCUT2D eigenvalue weighted by Crippen LogP contribution is -2.32. The fourth-order valence-electron chi connectivity index (χ4n) is 2.25. The molecule has 2 aromatic carbocycles. The zero-order chi connectivity index (χ0) is 20.5. The van der Waals surface area contributed by atoms with Crippen LogP contribution in [0.5, 0.6) is 11.5 Å². The number of benzene rings is 2. The second kappa shape index (κ2) is 10.1. The number of carbonyl (C=O) groups excluding carboxylic acids is 2. The molecule has 1 amide bonds. The molecule has 0 fully saturated rings. The number of amides is 1. The van der Waals surface area contributed by atoms with E-state index in [0.717, 1.165) is 5.56 Å². The number of ether oxygens (including phenoxy) is 3. The quantitative estimate of drug-likeness (QED) is 0.438. The average Bonchev–Trinajstić information content (AvgIpc) is 2.71. The largest absolute Gasteiger partial charge is 0.493 e. The van der Waals surface area contributed by atoms with E-state index in [-0.39, 0.29) is 5.11 Å². The van der Waals surface area contributed by atoms with Crippen LogP contribution in [0.25, 0.3) is 6.08 Å². The Morgan fingerprint density at radius 2 is 1.64 bits per heavy atom. The van der Waals surface area contributed by atoms with Crippen LogP contribution < -0.4 is 20.1 Å². The smallest absolute Gasteiger partial charge is 0.337 e. The van der Waals surface area contributed by atoms with Gasteiger partial charge in [0, 0.05) is 11.8 Å². The zero-order valence-corrected chi connectivity index (χ0v) is 16.5. The zero-order valence-electron chi connectivity index (χ0n) is 15.6. The third kappa shape index (κ3) is 5.82. The minimum absolute atomic E-state index is 0.132. The summed E-state index contributed by atoms with van der Waals surface area (Å²) in [7, 11) is 4.41. The Bertz CT molecular complexity index is 894. The Kier molecular flexibility index (Phi) is 7.53. The van der Waals surface area contributed by atoms with Crippen LogP contribution in [0.2, 0.25) is 0 Å². The SMILES string of the molecule is COC(=O)c1ccc(NC(=S)NC(=O)C=Cc2ccc(OC)c(OC)c2)cc1. The van der Waals surface area contributed by atoms with E-state index < -0.39 is 11.9 Å². The second-order valence-electron chi connectivity index (χ2n) is 5.46. The molecule has 0 aromatic heterocycles. The van der Waals surface area contributed by atoms with Crippen LogP contribution >= 0.6 is 12.2 Å². The maximum absolute atomic E-state index is 12.0. The summed E-state index contributed by atoms with van der Waals surface area (Å²) in [6, 6.07) is 11.8. The van der Waals surface area contributed by atoms with E-state index in [1.54, 1.807) is 62.8 Å². The first-order valence-corrected chi connectivity index (χ1v) is 8.58. The van der Waals surface area contributed by atoms with Crippen LogP contribution in [0.1, 0.15) is 15.9 Å². The fraction of sp³-hybridized carbons (Fsp3) is 0.150. The molecule has 2 N–H and O–H groups in total. The van der Waals surface area contributed by atoms with Gasteiger partial charge >= 0.3 is 5.97 Å². The normalized spacial score (nSPS) is 10.2. The highest BCUT2D eigenvalue weighted by atomic mass is 32.1. The number of nitrogens with one attached hydrogen (secondary N) is 2. The molecule has 0 spiro atoms. The Hall–Kier alpha value is -3.39. The van der Waals surface area contributed by atoms with Crippen molar-refractivity contribution < 1.29 is 23.8 Å². The lowest BCUT2D eigenvalue weighted by atomic mass is 10.2. The highest BCUT2D eigenvalue weighted by Crippen LogP contribution is 2.27. The van der Waals surface area contributed by atoms with Crippen molar-refractivity contribution in [2.24, 2.45) is 0 Å². The summed E-state index contributed by atoms with van der Waals surface area (Å²) in [5, 5.41) is 5.54. The number of hydrogen-bond donors (Lipinski definition) is 2. The van der Waals surface area contributed by atoms with Crippen LogP contribution in [-0.4, -0.2) is 38.3 Å². The Morgan fingerprint density at radius 1 is 0.964 bits per heavy atom. The van der Waals surface area contributed by atoms with Gasteiger partial charge in [-0.15, -0.1) is 0 Å². The molecule has 0 saturated heterocycles. The topological polar surface area (TPSA) is 85.9 Å². The van der Waals surface area contributed by atoms with Crippen LogP contribution in [-0.2, 0) is 9.53 Å². The van der Waals surface area contributed by atoms with E-state index in [2.05, 4.69) is 15.4 Å². The van der Waals surface area contributed by atoms with Gasteiger partial charge in [0.25, 0.3) is 0 Å². The summed E-state index contributed by atoms with van der Waals surface area (Å²) in [6.07, 6.45) is 2.99. The number of esters is 1. The van der Waals surface area contributed by atoms with Crippen molar-refractivity contribution in [2.75, 3.05) is 26.6 Å². The van der Waals surface area contributed by atoms with Gasteiger partial charge in [0.2, 0.25) is 5.91 Å². The van der Waals surface area contributed by atoms with E-state index in [0.29, 0.717) is 22.7 Å². The molecule has 0 aliphatic carbocycles. The van der Waals surface area contributed by atoms with Crippen LogP contribution in [0.3, 0.4) is 0 Å². The molecule has 7 nitrogen and oxygen atoms in total. The van der Waals surface area contributed by atoms with Crippen molar-refractivity contribution in [1.29, 1.82) is 0 Å². The maximum atomic E-state index is 12.0. The van der Waals surface area contributed by atoms with Crippen molar-refractivity contribution in [3.63, 3.8) is 0 Å². The lowest BCUT2D eigenvalue weighted by molar-refractivity contribution is -0.115. The molecule has 2 rings (SSSR count). The number of carbonyl (C=O) groups is 2. The van der Waals surface area contributed by atoms with Crippen molar-refractivity contribution in [2.45, 2.75) is 0 Å². The van der Waals surface area contributed by atoms with E-state index in [1.165, 1.54) is 13.2 Å². The molecule has 0 atom stereocenters. The summed E-state index contributed by atoms with van der Waals surface area (Å²) in [5.41, 5.74) is 1.81. The van der Waals surface area contributed by atoms with Gasteiger partial charge in [-0.3, -0.25) is 10.1 Å². The van der Waals surface area contributed by atoms with E-state index in [4.69, 9.17) is 21.7 Å². The Balaban J connectivity index is 1.92. The fourth-order valence-corrected chi connectivity index (χ4v) is 2.47. The Morgan fingerprint density at radius 3 is 2.25 bits per heavy atom. The molecular weight excluding hydrogens is 380 g/mol. The maximum Gasteiger partial charge on any atom is 0.337 e.